The van der Waals surface area contributed by atoms with Gasteiger partial charge in [0, 0.05) is 0 Å². The maximum absolute atomic E-state index is 8.28. The number of oxime groups is 1. The van der Waals surface area contributed by atoms with E-state index in [2.05, 4.69) is 12.1 Å². The van der Waals surface area contributed by atoms with Crippen molar-refractivity contribution in [2.75, 3.05) is 0 Å². The predicted molar refractivity (Wildman–Crippen MR) is 43.7 cm³/mol. The van der Waals surface area contributed by atoms with Crippen molar-refractivity contribution in [3.8, 4) is 0 Å². The molecule has 0 fully saturated rings. The summed E-state index contributed by atoms with van der Waals surface area (Å²) in [5, 5.41) is 11.4. The van der Waals surface area contributed by atoms with E-state index in [1.165, 1.54) is 19.3 Å². The van der Waals surface area contributed by atoms with Crippen LogP contribution in [0.4, 0.5) is 0 Å². The minimum Gasteiger partial charge on any atom is -0.411 e. The molecule has 0 spiro atoms. The molecule has 10 heavy (non-hydrogen) atoms. The number of rotatable bonds is 5. The summed E-state index contributed by atoms with van der Waals surface area (Å²) in [6.45, 7) is 4.04. The molecule has 0 rings (SSSR count). The fourth-order valence-corrected chi connectivity index (χ4v) is 0.858. The molecule has 60 valence electrons. The summed E-state index contributed by atoms with van der Waals surface area (Å²) in [6, 6.07) is 0. The lowest BCUT2D eigenvalue weighted by Gasteiger charge is -1.96. The van der Waals surface area contributed by atoms with Crippen LogP contribution in [0.2, 0.25) is 0 Å². The van der Waals surface area contributed by atoms with Gasteiger partial charge in [0.25, 0.3) is 0 Å². The fraction of sp³-hybridized carbons (Fsp3) is 0.875. The minimum absolute atomic E-state index is 0.844. The van der Waals surface area contributed by atoms with Crippen LogP contribution >= 0.6 is 0 Å². The Labute approximate surface area is 62.9 Å². The third kappa shape index (κ3) is 5.60. The highest BCUT2D eigenvalue weighted by molar-refractivity contribution is 5.81. The van der Waals surface area contributed by atoms with Gasteiger partial charge in [-0.25, -0.2) is 0 Å². The minimum atomic E-state index is 0.844. The van der Waals surface area contributed by atoms with Gasteiger partial charge in [-0.15, -0.1) is 0 Å². The molecule has 0 saturated carbocycles. The van der Waals surface area contributed by atoms with Crippen LogP contribution in [0.5, 0.6) is 0 Å². The molecule has 0 aliphatic carbocycles. The zero-order chi connectivity index (χ0) is 7.82. The molecule has 0 saturated heterocycles. The molecule has 1 N–H and O–H groups in total. The third-order valence-electron chi connectivity index (χ3n) is 1.56. The Balaban J connectivity index is 3.04. The number of unbranched alkanes of at least 4 members (excludes halogenated alkanes) is 3. The second-order valence-corrected chi connectivity index (χ2v) is 2.65. The van der Waals surface area contributed by atoms with E-state index in [4.69, 9.17) is 5.21 Å². The number of hydrogen-bond acceptors (Lipinski definition) is 2. The molecule has 0 amide bonds. The van der Waals surface area contributed by atoms with E-state index in [9.17, 15) is 0 Å². The van der Waals surface area contributed by atoms with Crippen molar-refractivity contribution >= 4 is 5.71 Å². The van der Waals surface area contributed by atoms with Crippen molar-refractivity contribution in [2.24, 2.45) is 5.16 Å². The van der Waals surface area contributed by atoms with Crippen LogP contribution in [-0.2, 0) is 0 Å². The highest BCUT2D eigenvalue weighted by atomic mass is 16.4. The Morgan fingerprint density at radius 2 is 2.00 bits per heavy atom. The quantitative estimate of drug-likeness (QED) is 0.273. The molecule has 0 aliphatic heterocycles. The Morgan fingerprint density at radius 1 is 1.30 bits per heavy atom. The van der Waals surface area contributed by atoms with Crippen molar-refractivity contribution in [3.05, 3.63) is 0 Å². The van der Waals surface area contributed by atoms with Gasteiger partial charge in [0.15, 0.2) is 0 Å². The molecule has 0 unspecified atom stereocenters. The van der Waals surface area contributed by atoms with Crippen LogP contribution in [0, 0.1) is 0 Å². The molecule has 0 aromatic rings. The predicted octanol–water partition coefficient (Wildman–Crippen LogP) is 2.81. The zero-order valence-electron chi connectivity index (χ0n) is 6.93. The van der Waals surface area contributed by atoms with Gasteiger partial charge in [-0.3, -0.25) is 0 Å². The monoisotopic (exact) mass is 143 g/mol. The van der Waals surface area contributed by atoms with E-state index in [-0.39, 0.29) is 0 Å². The smallest absolute Gasteiger partial charge is 0.0540 e. The highest BCUT2D eigenvalue weighted by Gasteiger charge is 1.91. The first-order valence-corrected chi connectivity index (χ1v) is 3.98. The van der Waals surface area contributed by atoms with E-state index in [1.54, 1.807) is 0 Å². The maximum Gasteiger partial charge on any atom is 0.0540 e. The summed E-state index contributed by atoms with van der Waals surface area (Å²) in [5.41, 5.74) is 0.844. The van der Waals surface area contributed by atoms with Gasteiger partial charge in [0.2, 0.25) is 0 Å². The van der Waals surface area contributed by atoms with Crippen LogP contribution < -0.4 is 0 Å². The van der Waals surface area contributed by atoms with E-state index >= 15 is 0 Å². The van der Waals surface area contributed by atoms with Crippen LogP contribution in [0.1, 0.15) is 46.0 Å². The van der Waals surface area contributed by atoms with Crippen LogP contribution in [0.25, 0.3) is 0 Å². The topological polar surface area (TPSA) is 32.6 Å². The average Bonchev–Trinajstić information content (AvgIpc) is 1.98. The van der Waals surface area contributed by atoms with Gasteiger partial charge in [0.05, 0.1) is 5.71 Å². The largest absolute Gasteiger partial charge is 0.411 e. The van der Waals surface area contributed by atoms with Gasteiger partial charge in [-0.2, -0.15) is 0 Å². The zero-order valence-corrected chi connectivity index (χ0v) is 6.93. The Morgan fingerprint density at radius 3 is 2.50 bits per heavy atom. The van der Waals surface area contributed by atoms with E-state index in [0.717, 1.165) is 18.6 Å². The first-order chi connectivity index (χ1) is 4.81. The summed E-state index contributed by atoms with van der Waals surface area (Å²) in [7, 11) is 0. The second-order valence-electron chi connectivity index (χ2n) is 2.65. The summed E-state index contributed by atoms with van der Waals surface area (Å²) >= 11 is 0. The fourth-order valence-electron chi connectivity index (χ4n) is 0.858. The summed E-state index contributed by atoms with van der Waals surface area (Å²) in [6.07, 6.45) is 5.90. The lowest BCUT2D eigenvalue weighted by atomic mass is 10.1. The van der Waals surface area contributed by atoms with Crippen LogP contribution in [0.3, 0.4) is 0 Å². The van der Waals surface area contributed by atoms with Crippen LogP contribution in [0.15, 0.2) is 5.16 Å². The third-order valence-corrected chi connectivity index (χ3v) is 1.56. The summed E-state index contributed by atoms with van der Waals surface area (Å²) in [4.78, 5) is 0. The number of hydrogen-bond donors (Lipinski definition) is 1. The molecule has 0 aliphatic rings. The molecule has 0 heterocycles. The Bertz CT molecular complexity index is 99.4. The second kappa shape index (κ2) is 6.59. The van der Waals surface area contributed by atoms with Gasteiger partial charge < -0.3 is 5.21 Å². The van der Waals surface area contributed by atoms with Crippen molar-refractivity contribution in [3.63, 3.8) is 0 Å². The molecule has 0 aromatic carbocycles. The first kappa shape index (κ1) is 9.47. The standard InChI is InChI=1S/C8H17NO/c1-3-4-5-6-7-8(2)9-10/h10H,3-7H2,1-2H3. The average molecular weight is 143 g/mol. The highest BCUT2D eigenvalue weighted by Crippen LogP contribution is 2.02. The molecular weight excluding hydrogens is 126 g/mol. The van der Waals surface area contributed by atoms with Crippen LogP contribution in [-0.4, -0.2) is 10.9 Å². The van der Waals surface area contributed by atoms with Gasteiger partial charge >= 0.3 is 0 Å². The Kier molecular flexibility index (Phi) is 6.24. The molecule has 0 bridgehead atoms. The first-order valence-electron chi connectivity index (χ1n) is 3.98. The summed E-state index contributed by atoms with van der Waals surface area (Å²) in [5.74, 6) is 0. The number of nitrogens with zero attached hydrogens (tertiary/aromatic N) is 1. The van der Waals surface area contributed by atoms with Crippen molar-refractivity contribution in [1.82, 2.24) is 0 Å². The van der Waals surface area contributed by atoms with E-state index < -0.39 is 0 Å². The van der Waals surface area contributed by atoms with Gasteiger partial charge in [-0.1, -0.05) is 31.3 Å². The van der Waals surface area contributed by atoms with E-state index in [1.807, 2.05) is 6.92 Å². The van der Waals surface area contributed by atoms with Crippen molar-refractivity contribution in [2.45, 2.75) is 46.0 Å². The maximum atomic E-state index is 8.28. The molecule has 2 heteroatoms. The van der Waals surface area contributed by atoms with Gasteiger partial charge in [0.1, 0.15) is 0 Å². The Hall–Kier alpha value is -0.530. The SMILES string of the molecule is CCCCCCC(C)=NO. The molecular formula is C8H17NO. The molecule has 0 radical (unpaired) electrons. The van der Waals surface area contributed by atoms with E-state index in [0.29, 0.717) is 0 Å². The lowest BCUT2D eigenvalue weighted by Crippen LogP contribution is -1.90. The van der Waals surface area contributed by atoms with Crippen molar-refractivity contribution in [1.29, 1.82) is 0 Å². The lowest BCUT2D eigenvalue weighted by molar-refractivity contribution is 0.317. The molecule has 0 atom stereocenters. The van der Waals surface area contributed by atoms with Gasteiger partial charge in [-0.05, 0) is 19.8 Å². The molecule has 2 nitrogen and oxygen atoms in total. The summed E-state index contributed by atoms with van der Waals surface area (Å²) < 4.78 is 0. The normalized spacial score (nSPS) is 12.0. The van der Waals surface area contributed by atoms with Crippen molar-refractivity contribution < 1.29 is 5.21 Å². The molecule has 0 aromatic heterocycles.